The summed E-state index contributed by atoms with van der Waals surface area (Å²) in [5.41, 5.74) is 2.03. The number of amides is 1. The largest absolute Gasteiger partial charge is 0.343 e. The number of fused-ring (bicyclic) bond motifs is 1. The molecule has 4 rings (SSSR count). The van der Waals surface area contributed by atoms with E-state index in [1.165, 1.54) is 10.2 Å². The van der Waals surface area contributed by atoms with Gasteiger partial charge in [0.1, 0.15) is 6.54 Å². The highest BCUT2D eigenvalue weighted by molar-refractivity contribution is 7.10. The molecule has 6 heteroatoms. The number of hydrogen-bond donors (Lipinski definition) is 1. The highest BCUT2D eigenvalue weighted by Gasteiger charge is 2.19. The molecule has 0 spiro atoms. The molecule has 0 aliphatic rings. The van der Waals surface area contributed by atoms with Crippen LogP contribution in [0.25, 0.3) is 10.8 Å². The van der Waals surface area contributed by atoms with Crippen molar-refractivity contribution in [3.05, 3.63) is 98.6 Å². The summed E-state index contributed by atoms with van der Waals surface area (Å²) in [6, 6.07) is 19.4. The fourth-order valence-corrected chi connectivity index (χ4v) is 4.48. The maximum absolute atomic E-state index is 12.9. The molecule has 4 aromatic rings. The third-order valence-corrected chi connectivity index (χ3v) is 6.08. The third-order valence-electron chi connectivity index (χ3n) is 5.15. The van der Waals surface area contributed by atoms with Crippen molar-refractivity contribution in [3.63, 3.8) is 0 Å². The Labute approximate surface area is 185 Å². The topological polar surface area (TPSA) is 64.0 Å². The Balaban J connectivity index is 1.56. The van der Waals surface area contributed by atoms with Crippen molar-refractivity contribution in [1.29, 1.82) is 0 Å². The summed E-state index contributed by atoms with van der Waals surface area (Å²) in [6.45, 7) is 4.27. The van der Waals surface area contributed by atoms with Crippen LogP contribution >= 0.6 is 11.3 Å². The number of nitrogens with zero attached hydrogens (tertiary/aromatic N) is 2. The second-order valence-corrected chi connectivity index (χ2v) is 9.03. The predicted molar refractivity (Wildman–Crippen MR) is 125 cm³/mol. The van der Waals surface area contributed by atoms with Crippen LogP contribution in [0.1, 0.15) is 35.9 Å². The molecule has 2 aromatic heterocycles. The van der Waals surface area contributed by atoms with Gasteiger partial charge in [0.15, 0.2) is 0 Å². The second kappa shape index (κ2) is 9.27. The summed E-state index contributed by atoms with van der Waals surface area (Å²) in [6.07, 6.45) is 2.64. The van der Waals surface area contributed by atoms with Gasteiger partial charge < -0.3 is 5.32 Å². The Kier molecular flexibility index (Phi) is 6.28. The molecule has 0 aliphatic carbocycles. The number of carbonyl (C=O) groups is 1. The zero-order chi connectivity index (χ0) is 21.8. The average molecular weight is 432 g/mol. The normalized spacial score (nSPS) is 12.2. The number of hydrogen-bond acceptors (Lipinski definition) is 4. The summed E-state index contributed by atoms with van der Waals surface area (Å²) in [7, 11) is 0. The fourth-order valence-electron chi connectivity index (χ4n) is 3.67. The molecule has 0 aliphatic heterocycles. The molecule has 31 heavy (non-hydrogen) atoms. The van der Waals surface area contributed by atoms with E-state index in [1.54, 1.807) is 23.6 Å². The van der Waals surface area contributed by atoms with Crippen LogP contribution in [-0.4, -0.2) is 15.7 Å². The van der Waals surface area contributed by atoms with Gasteiger partial charge in [0.05, 0.1) is 17.6 Å². The van der Waals surface area contributed by atoms with Crippen molar-refractivity contribution >= 4 is 28.0 Å². The van der Waals surface area contributed by atoms with E-state index >= 15 is 0 Å². The molecule has 2 aromatic carbocycles. The van der Waals surface area contributed by atoms with E-state index in [1.807, 2.05) is 35.7 Å². The number of thiophene rings is 1. The Morgan fingerprint density at radius 1 is 1.06 bits per heavy atom. The Hall–Kier alpha value is -3.25. The number of carbonyl (C=O) groups excluding carboxylic acids is 1. The van der Waals surface area contributed by atoms with Crippen LogP contribution in [0.4, 0.5) is 0 Å². The van der Waals surface area contributed by atoms with Gasteiger partial charge in [-0.25, -0.2) is 4.68 Å². The van der Waals surface area contributed by atoms with E-state index in [-0.39, 0.29) is 24.1 Å². The Bertz CT molecular complexity index is 1230. The van der Waals surface area contributed by atoms with Crippen molar-refractivity contribution in [3.8, 4) is 0 Å². The standard InChI is InChI=1S/C25H25N3O2S/c1-17(2)14-18-9-11-19(12-10-18)24(22-8-5-13-31-22)27-23(29)16-28-25(30)21-7-4-3-6-20(21)15-26-28/h3-13,15,17,24H,14,16H2,1-2H3,(H,27,29)/t24-/m1/s1. The van der Waals surface area contributed by atoms with Crippen LogP contribution in [0.5, 0.6) is 0 Å². The maximum atomic E-state index is 12.9. The van der Waals surface area contributed by atoms with Crippen LogP contribution in [0.3, 0.4) is 0 Å². The highest BCUT2D eigenvalue weighted by atomic mass is 32.1. The molecule has 1 atom stereocenters. The molecule has 1 N–H and O–H groups in total. The van der Waals surface area contributed by atoms with Crippen molar-refractivity contribution in [2.45, 2.75) is 32.9 Å². The first-order valence-corrected chi connectivity index (χ1v) is 11.3. The SMILES string of the molecule is CC(C)Cc1ccc([C@@H](NC(=O)Cn2ncc3ccccc3c2=O)c2cccs2)cc1. The molecule has 1 amide bonds. The van der Waals surface area contributed by atoms with Crippen molar-refractivity contribution < 1.29 is 4.79 Å². The lowest BCUT2D eigenvalue weighted by Crippen LogP contribution is -2.35. The molecule has 5 nitrogen and oxygen atoms in total. The molecule has 0 saturated carbocycles. The van der Waals surface area contributed by atoms with Crippen LogP contribution in [0, 0.1) is 5.92 Å². The van der Waals surface area contributed by atoms with Gasteiger partial charge in [-0.3, -0.25) is 9.59 Å². The van der Waals surface area contributed by atoms with E-state index in [9.17, 15) is 9.59 Å². The van der Waals surface area contributed by atoms with E-state index in [2.05, 4.69) is 48.5 Å². The maximum Gasteiger partial charge on any atom is 0.275 e. The second-order valence-electron chi connectivity index (χ2n) is 8.05. The minimum absolute atomic E-state index is 0.128. The number of aromatic nitrogens is 2. The van der Waals surface area contributed by atoms with Gasteiger partial charge in [-0.15, -0.1) is 11.3 Å². The number of nitrogens with one attached hydrogen (secondary N) is 1. The third kappa shape index (κ3) is 4.91. The average Bonchev–Trinajstić information content (AvgIpc) is 3.29. The summed E-state index contributed by atoms with van der Waals surface area (Å²) in [5, 5.41) is 10.6. The van der Waals surface area contributed by atoms with Crippen LogP contribution in [0.15, 0.2) is 77.0 Å². The number of rotatable bonds is 7. The van der Waals surface area contributed by atoms with Gasteiger partial charge >= 0.3 is 0 Å². The smallest absolute Gasteiger partial charge is 0.275 e. The van der Waals surface area contributed by atoms with Crippen LogP contribution in [0.2, 0.25) is 0 Å². The molecule has 0 unspecified atom stereocenters. The lowest BCUT2D eigenvalue weighted by molar-refractivity contribution is -0.122. The van der Waals surface area contributed by atoms with Crippen LogP contribution < -0.4 is 10.9 Å². The Morgan fingerprint density at radius 2 is 1.84 bits per heavy atom. The van der Waals surface area contributed by atoms with Crippen molar-refractivity contribution in [2.75, 3.05) is 0 Å². The first kappa shape index (κ1) is 21.0. The molecular weight excluding hydrogens is 406 g/mol. The first-order chi connectivity index (χ1) is 15.0. The minimum atomic E-state index is -0.267. The lowest BCUT2D eigenvalue weighted by Gasteiger charge is -2.19. The van der Waals surface area contributed by atoms with Crippen molar-refractivity contribution in [2.24, 2.45) is 5.92 Å². The molecule has 158 valence electrons. The molecule has 0 radical (unpaired) electrons. The van der Waals surface area contributed by atoms with Gasteiger partial charge in [0.25, 0.3) is 5.56 Å². The van der Waals surface area contributed by atoms with E-state index in [0.717, 1.165) is 22.2 Å². The van der Waals surface area contributed by atoms with E-state index in [4.69, 9.17) is 0 Å². The minimum Gasteiger partial charge on any atom is -0.343 e. The molecular formula is C25H25N3O2S. The van der Waals surface area contributed by atoms with Gasteiger partial charge in [-0.1, -0.05) is 62.4 Å². The molecule has 0 saturated heterocycles. The quantitative estimate of drug-likeness (QED) is 0.466. The van der Waals surface area contributed by atoms with E-state index in [0.29, 0.717) is 11.3 Å². The Morgan fingerprint density at radius 3 is 2.55 bits per heavy atom. The van der Waals surface area contributed by atoms with Crippen LogP contribution in [-0.2, 0) is 17.8 Å². The summed E-state index contributed by atoms with van der Waals surface area (Å²) in [5.74, 6) is 0.334. The fraction of sp³-hybridized carbons (Fsp3) is 0.240. The summed E-state index contributed by atoms with van der Waals surface area (Å²) < 4.78 is 1.22. The lowest BCUT2D eigenvalue weighted by atomic mass is 9.99. The monoisotopic (exact) mass is 431 g/mol. The number of benzene rings is 2. The molecule has 2 heterocycles. The first-order valence-electron chi connectivity index (χ1n) is 10.4. The molecule has 0 bridgehead atoms. The highest BCUT2D eigenvalue weighted by Crippen LogP contribution is 2.26. The van der Waals surface area contributed by atoms with Gasteiger partial charge in [-0.2, -0.15) is 5.10 Å². The molecule has 0 fully saturated rings. The zero-order valence-corrected chi connectivity index (χ0v) is 18.4. The van der Waals surface area contributed by atoms with Gasteiger partial charge in [0.2, 0.25) is 5.91 Å². The zero-order valence-electron chi connectivity index (χ0n) is 17.6. The summed E-state index contributed by atoms with van der Waals surface area (Å²) >= 11 is 1.60. The summed E-state index contributed by atoms with van der Waals surface area (Å²) in [4.78, 5) is 26.6. The van der Waals surface area contributed by atoms with E-state index < -0.39 is 0 Å². The van der Waals surface area contributed by atoms with Gasteiger partial charge in [0, 0.05) is 10.3 Å². The van der Waals surface area contributed by atoms with Crippen molar-refractivity contribution in [1.82, 2.24) is 15.1 Å². The van der Waals surface area contributed by atoms with Gasteiger partial charge in [-0.05, 0) is 41.0 Å². The predicted octanol–water partition coefficient (Wildman–Crippen LogP) is 4.56.